The van der Waals surface area contributed by atoms with Gasteiger partial charge in [-0.1, -0.05) is 6.07 Å². The zero-order valence-corrected chi connectivity index (χ0v) is 15.1. The van der Waals surface area contributed by atoms with Gasteiger partial charge in [-0.2, -0.15) is 0 Å². The average Bonchev–Trinajstić information content (AvgIpc) is 2.51. The van der Waals surface area contributed by atoms with Crippen molar-refractivity contribution in [3.05, 3.63) is 58.1 Å². The number of nitrogens with zero attached hydrogens (tertiary/aromatic N) is 2. The summed E-state index contributed by atoms with van der Waals surface area (Å²) in [6.45, 7) is -0.424. The third-order valence-electron chi connectivity index (χ3n) is 3.50. The molecule has 0 aliphatic heterocycles. The maximum Gasteiger partial charge on any atom is 0.311 e. The molecule has 0 radical (unpaired) electrons. The lowest BCUT2D eigenvalue weighted by Gasteiger charge is -2.19. The number of nitrogens with one attached hydrogen (secondary N) is 1. The molecule has 2 aromatic rings. The van der Waals surface area contributed by atoms with Crippen LogP contribution in [0.25, 0.3) is 0 Å². The number of likely N-dealkylation sites (N-methyl/N-ethyl adjacent to an activating group) is 1. The maximum atomic E-state index is 13.2. The second-order valence-corrected chi connectivity index (χ2v) is 7.70. The van der Waals surface area contributed by atoms with Crippen LogP contribution in [-0.2, 0) is 14.6 Å². The first-order valence-corrected chi connectivity index (χ1v) is 9.32. The Morgan fingerprint density at radius 2 is 1.81 bits per heavy atom. The van der Waals surface area contributed by atoms with Gasteiger partial charge in [-0.3, -0.25) is 14.9 Å². The van der Waals surface area contributed by atoms with Crippen molar-refractivity contribution < 1.29 is 26.9 Å². The van der Waals surface area contributed by atoms with Gasteiger partial charge in [-0.25, -0.2) is 17.2 Å². The Balaban J connectivity index is 2.28. The van der Waals surface area contributed by atoms with E-state index in [1.165, 1.54) is 19.2 Å². The molecule has 144 valence electrons. The molecule has 2 aromatic carbocycles. The highest BCUT2D eigenvalue weighted by molar-refractivity contribution is 7.90. The van der Waals surface area contributed by atoms with Crippen molar-refractivity contribution in [1.29, 1.82) is 0 Å². The maximum absolute atomic E-state index is 13.2. The van der Waals surface area contributed by atoms with E-state index in [2.05, 4.69) is 5.32 Å². The minimum atomic E-state index is -3.87. The van der Waals surface area contributed by atoms with E-state index in [0.29, 0.717) is 6.07 Å². The van der Waals surface area contributed by atoms with E-state index in [1.807, 2.05) is 0 Å². The monoisotopic (exact) mass is 399 g/mol. The molecule has 1 N–H and O–H groups in total. The van der Waals surface area contributed by atoms with Gasteiger partial charge >= 0.3 is 5.69 Å². The predicted octanol–water partition coefficient (Wildman–Crippen LogP) is 2.35. The van der Waals surface area contributed by atoms with Gasteiger partial charge in [0, 0.05) is 25.1 Å². The van der Waals surface area contributed by atoms with Gasteiger partial charge in [-0.05, 0) is 24.3 Å². The van der Waals surface area contributed by atoms with Crippen LogP contribution in [0.2, 0.25) is 0 Å². The summed E-state index contributed by atoms with van der Waals surface area (Å²) in [5.74, 6) is -2.47. The van der Waals surface area contributed by atoms with E-state index in [4.69, 9.17) is 0 Å². The second-order valence-electron chi connectivity index (χ2n) is 5.72. The van der Waals surface area contributed by atoms with Crippen LogP contribution in [0.1, 0.15) is 0 Å². The van der Waals surface area contributed by atoms with E-state index < -0.39 is 49.4 Å². The van der Waals surface area contributed by atoms with Crippen LogP contribution in [0.4, 0.5) is 25.8 Å². The Morgan fingerprint density at radius 1 is 1.22 bits per heavy atom. The van der Waals surface area contributed by atoms with Gasteiger partial charge in [0.05, 0.1) is 11.5 Å². The summed E-state index contributed by atoms with van der Waals surface area (Å²) in [6.07, 6.45) is 0.838. The molecule has 0 fully saturated rings. The van der Waals surface area contributed by atoms with Crippen LogP contribution in [-0.4, -0.2) is 39.1 Å². The number of hydrogen-bond acceptors (Lipinski definition) is 6. The molecule has 0 aromatic heterocycles. The molecule has 0 aliphatic carbocycles. The van der Waals surface area contributed by atoms with Gasteiger partial charge in [0.1, 0.15) is 22.2 Å². The zero-order valence-electron chi connectivity index (χ0n) is 14.3. The van der Waals surface area contributed by atoms with E-state index in [0.717, 1.165) is 29.4 Å². The fraction of sp³-hybridized carbons (Fsp3) is 0.188. The number of rotatable bonds is 6. The molecule has 2 rings (SSSR count). The number of carbonyl (C=O) groups excluding carboxylic acids is 1. The van der Waals surface area contributed by atoms with Crippen LogP contribution < -0.4 is 10.2 Å². The van der Waals surface area contributed by atoms with Crippen molar-refractivity contribution >= 4 is 32.8 Å². The number of amides is 1. The molecule has 0 heterocycles. The molecule has 0 saturated carbocycles. The molecule has 27 heavy (non-hydrogen) atoms. The number of hydrogen-bond donors (Lipinski definition) is 1. The van der Waals surface area contributed by atoms with E-state index >= 15 is 0 Å². The van der Waals surface area contributed by atoms with Gasteiger partial charge in [-0.15, -0.1) is 0 Å². The number of nitro groups is 1. The Kier molecular flexibility index (Phi) is 5.74. The molecule has 8 nitrogen and oxygen atoms in total. The molecule has 0 bridgehead atoms. The van der Waals surface area contributed by atoms with Crippen molar-refractivity contribution in [3.63, 3.8) is 0 Å². The first-order valence-electron chi connectivity index (χ1n) is 7.43. The first-order chi connectivity index (χ1) is 12.5. The number of anilines is 2. The number of carbonyl (C=O) groups is 1. The summed E-state index contributed by atoms with van der Waals surface area (Å²) >= 11 is 0. The Hall–Kier alpha value is -3.08. The molecule has 0 spiro atoms. The summed E-state index contributed by atoms with van der Waals surface area (Å²) in [4.78, 5) is 23.3. The highest BCUT2D eigenvalue weighted by Crippen LogP contribution is 2.34. The van der Waals surface area contributed by atoms with Crippen molar-refractivity contribution in [3.8, 4) is 0 Å². The second kappa shape index (κ2) is 7.66. The van der Waals surface area contributed by atoms with Crippen LogP contribution >= 0.6 is 0 Å². The number of benzene rings is 2. The SMILES string of the molecule is CN(CC(=O)Nc1cc(F)cc(F)c1)c1cccc(S(C)(=O)=O)c1[N+](=O)[O-]. The summed E-state index contributed by atoms with van der Waals surface area (Å²) in [6, 6.07) is 6.17. The summed E-state index contributed by atoms with van der Waals surface area (Å²) in [7, 11) is -2.53. The Morgan fingerprint density at radius 3 is 2.33 bits per heavy atom. The molecule has 0 aliphatic rings. The first kappa shape index (κ1) is 20.2. The molecule has 0 unspecified atom stereocenters. The average molecular weight is 399 g/mol. The van der Waals surface area contributed by atoms with Crippen molar-refractivity contribution in [2.45, 2.75) is 4.90 Å². The van der Waals surface area contributed by atoms with Crippen molar-refractivity contribution in [2.24, 2.45) is 0 Å². The minimum Gasteiger partial charge on any atom is -0.360 e. The third kappa shape index (κ3) is 4.97. The summed E-state index contributed by atoms with van der Waals surface area (Å²) < 4.78 is 49.9. The molecule has 0 saturated heterocycles. The standard InChI is InChI=1S/C16H15F2N3O5S/c1-20(9-15(22)19-12-7-10(17)6-11(18)8-12)13-4-3-5-14(27(2,25)26)16(13)21(23)24/h3-8H,9H2,1-2H3,(H,19,22). The fourth-order valence-electron chi connectivity index (χ4n) is 2.43. The highest BCUT2D eigenvalue weighted by Gasteiger charge is 2.28. The smallest absolute Gasteiger partial charge is 0.311 e. The fourth-order valence-corrected chi connectivity index (χ4v) is 3.28. The molecular formula is C16H15F2N3O5S. The highest BCUT2D eigenvalue weighted by atomic mass is 32.2. The van der Waals surface area contributed by atoms with Gasteiger partial charge in [0.2, 0.25) is 5.91 Å². The number of para-hydroxylation sites is 1. The number of sulfone groups is 1. The number of halogens is 2. The summed E-state index contributed by atoms with van der Waals surface area (Å²) in [5.41, 5.74) is -0.874. The van der Waals surface area contributed by atoms with Gasteiger partial charge in [0.25, 0.3) is 0 Å². The van der Waals surface area contributed by atoms with E-state index in [1.54, 1.807) is 0 Å². The van der Waals surface area contributed by atoms with Crippen molar-refractivity contribution in [1.82, 2.24) is 0 Å². The van der Waals surface area contributed by atoms with Crippen LogP contribution in [0, 0.1) is 21.7 Å². The van der Waals surface area contributed by atoms with Crippen LogP contribution in [0.3, 0.4) is 0 Å². The molecule has 0 atom stereocenters. The van der Waals surface area contributed by atoms with Gasteiger partial charge < -0.3 is 10.2 Å². The predicted molar refractivity (Wildman–Crippen MR) is 94.5 cm³/mol. The summed E-state index contributed by atoms with van der Waals surface area (Å²) in [5, 5.41) is 13.6. The quantitative estimate of drug-likeness (QED) is 0.590. The van der Waals surface area contributed by atoms with E-state index in [-0.39, 0.29) is 11.4 Å². The number of nitro benzene ring substituents is 1. The Bertz CT molecular complexity index is 991. The zero-order chi connectivity index (χ0) is 20.4. The van der Waals surface area contributed by atoms with Gasteiger partial charge in [0.15, 0.2) is 9.84 Å². The normalized spacial score (nSPS) is 11.1. The largest absolute Gasteiger partial charge is 0.360 e. The van der Waals surface area contributed by atoms with Crippen molar-refractivity contribution in [2.75, 3.05) is 30.1 Å². The molecule has 1 amide bonds. The lowest BCUT2D eigenvalue weighted by molar-refractivity contribution is -0.387. The third-order valence-corrected chi connectivity index (χ3v) is 4.63. The molecule has 11 heteroatoms. The Labute approximate surface area is 153 Å². The van der Waals surface area contributed by atoms with E-state index in [9.17, 15) is 32.1 Å². The topological polar surface area (TPSA) is 110 Å². The lowest BCUT2D eigenvalue weighted by Crippen LogP contribution is -2.30. The lowest BCUT2D eigenvalue weighted by atomic mass is 10.2. The molecular weight excluding hydrogens is 384 g/mol. The van der Waals surface area contributed by atoms with Crippen LogP contribution in [0.15, 0.2) is 41.3 Å². The van der Waals surface area contributed by atoms with Crippen LogP contribution in [0.5, 0.6) is 0 Å². The minimum absolute atomic E-state index is 0.0940.